The van der Waals surface area contributed by atoms with E-state index in [0.717, 1.165) is 41.5 Å². The number of alkyl halides is 2. The lowest BCUT2D eigenvalue weighted by Gasteiger charge is -2.32. The molecule has 32 heavy (non-hydrogen) atoms. The zero-order chi connectivity index (χ0) is 22.7. The summed E-state index contributed by atoms with van der Waals surface area (Å²) >= 11 is 0. The molecule has 1 aliphatic rings. The second-order valence-electron chi connectivity index (χ2n) is 8.21. The Morgan fingerprint density at radius 3 is 2.91 bits per heavy atom. The van der Waals surface area contributed by atoms with Crippen LogP contribution in [0.2, 0.25) is 0 Å². The lowest BCUT2D eigenvalue weighted by Crippen LogP contribution is -2.39. The van der Waals surface area contributed by atoms with Crippen LogP contribution in [0.15, 0.2) is 30.6 Å². The average molecular weight is 443 g/mol. The molecule has 1 fully saturated rings. The second kappa shape index (κ2) is 9.58. The Bertz CT molecular complexity index is 1100. The standard InChI is InChI=1S/C23H27F2N5O2/c1-15-11-16(8-9-20(15)32-2)5-3-7-21(31)29-10-4-6-17(13-29)18-12-19(22(24)25)30-23(28-18)26-14-27-30/h8-9,11-12,14,17,22H,3-7,10,13H2,1-2H3/t17-/m1/s1. The van der Waals surface area contributed by atoms with Crippen LogP contribution < -0.4 is 4.74 Å². The first-order chi connectivity index (χ1) is 15.5. The van der Waals surface area contributed by atoms with Gasteiger partial charge in [-0.15, -0.1) is 0 Å². The highest BCUT2D eigenvalue weighted by molar-refractivity contribution is 5.76. The molecule has 1 aliphatic heterocycles. The summed E-state index contributed by atoms with van der Waals surface area (Å²) in [5.41, 5.74) is 2.58. The Balaban J connectivity index is 1.38. The molecule has 2 aromatic heterocycles. The number of carbonyl (C=O) groups excluding carboxylic acids is 1. The van der Waals surface area contributed by atoms with E-state index in [2.05, 4.69) is 21.1 Å². The summed E-state index contributed by atoms with van der Waals surface area (Å²) in [5, 5.41) is 3.83. The van der Waals surface area contributed by atoms with Crippen LogP contribution in [-0.2, 0) is 11.2 Å². The van der Waals surface area contributed by atoms with E-state index in [1.165, 1.54) is 18.0 Å². The van der Waals surface area contributed by atoms with Crippen LogP contribution >= 0.6 is 0 Å². The molecule has 0 aliphatic carbocycles. The minimum Gasteiger partial charge on any atom is -0.496 e. The number of piperidine rings is 1. The molecule has 3 heterocycles. The summed E-state index contributed by atoms with van der Waals surface area (Å²) < 4.78 is 33.3. The van der Waals surface area contributed by atoms with Gasteiger partial charge >= 0.3 is 0 Å². The molecule has 1 atom stereocenters. The molecule has 4 rings (SSSR count). The smallest absolute Gasteiger partial charge is 0.280 e. The molecule has 0 bridgehead atoms. The van der Waals surface area contributed by atoms with Gasteiger partial charge in [0.1, 0.15) is 17.8 Å². The summed E-state index contributed by atoms with van der Waals surface area (Å²) in [5.74, 6) is 1.03. The number of benzene rings is 1. The highest BCUT2D eigenvalue weighted by Crippen LogP contribution is 2.29. The zero-order valence-corrected chi connectivity index (χ0v) is 18.3. The summed E-state index contributed by atoms with van der Waals surface area (Å²) in [4.78, 5) is 23.1. The van der Waals surface area contributed by atoms with Crippen LogP contribution in [0.1, 0.15) is 60.5 Å². The molecular weight excluding hydrogens is 416 g/mol. The van der Waals surface area contributed by atoms with Gasteiger partial charge in [0.15, 0.2) is 0 Å². The van der Waals surface area contributed by atoms with Crippen LogP contribution in [0.4, 0.5) is 8.78 Å². The summed E-state index contributed by atoms with van der Waals surface area (Å²) in [6, 6.07) is 7.47. The first-order valence-corrected chi connectivity index (χ1v) is 10.9. The number of carbonyl (C=O) groups is 1. The fourth-order valence-corrected chi connectivity index (χ4v) is 4.36. The third kappa shape index (κ3) is 4.71. The van der Waals surface area contributed by atoms with Gasteiger partial charge in [-0.25, -0.2) is 13.8 Å². The molecule has 0 saturated carbocycles. The van der Waals surface area contributed by atoms with Gasteiger partial charge in [0.05, 0.1) is 12.8 Å². The molecule has 1 saturated heterocycles. The average Bonchev–Trinajstić information content (AvgIpc) is 3.27. The number of halogens is 2. The van der Waals surface area contributed by atoms with Gasteiger partial charge in [-0.3, -0.25) is 4.79 Å². The van der Waals surface area contributed by atoms with Crippen molar-refractivity contribution in [2.45, 2.75) is 51.4 Å². The van der Waals surface area contributed by atoms with E-state index in [0.29, 0.717) is 25.2 Å². The van der Waals surface area contributed by atoms with Crippen molar-refractivity contribution in [1.29, 1.82) is 0 Å². The third-order valence-corrected chi connectivity index (χ3v) is 6.03. The minimum absolute atomic E-state index is 0.0869. The maximum Gasteiger partial charge on any atom is 0.280 e. The number of hydrogen-bond donors (Lipinski definition) is 0. The van der Waals surface area contributed by atoms with E-state index < -0.39 is 6.43 Å². The quantitative estimate of drug-likeness (QED) is 0.550. The van der Waals surface area contributed by atoms with Crippen molar-refractivity contribution in [3.63, 3.8) is 0 Å². The van der Waals surface area contributed by atoms with Crippen LogP contribution in [-0.4, -0.2) is 50.6 Å². The Morgan fingerprint density at radius 1 is 1.31 bits per heavy atom. The Hall–Kier alpha value is -3.10. The molecule has 9 heteroatoms. The minimum atomic E-state index is -2.68. The van der Waals surface area contributed by atoms with Crippen LogP contribution in [0.3, 0.4) is 0 Å². The van der Waals surface area contributed by atoms with Gasteiger partial charge in [0, 0.05) is 25.4 Å². The molecule has 7 nitrogen and oxygen atoms in total. The van der Waals surface area contributed by atoms with Gasteiger partial charge in [0.25, 0.3) is 12.2 Å². The van der Waals surface area contributed by atoms with Crippen LogP contribution in [0, 0.1) is 6.92 Å². The fraction of sp³-hybridized carbons (Fsp3) is 0.478. The lowest BCUT2D eigenvalue weighted by molar-refractivity contribution is -0.132. The van der Waals surface area contributed by atoms with E-state index in [-0.39, 0.29) is 23.3 Å². The molecular formula is C23H27F2N5O2. The number of ether oxygens (including phenoxy) is 1. The number of methoxy groups -OCH3 is 1. The van der Waals surface area contributed by atoms with Crippen molar-refractivity contribution < 1.29 is 18.3 Å². The van der Waals surface area contributed by atoms with E-state index in [1.54, 1.807) is 7.11 Å². The van der Waals surface area contributed by atoms with Gasteiger partial charge in [-0.2, -0.15) is 14.6 Å². The van der Waals surface area contributed by atoms with Gasteiger partial charge in [-0.1, -0.05) is 12.1 Å². The van der Waals surface area contributed by atoms with Crippen molar-refractivity contribution in [1.82, 2.24) is 24.5 Å². The predicted molar refractivity (Wildman–Crippen MR) is 115 cm³/mol. The predicted octanol–water partition coefficient (Wildman–Crippen LogP) is 4.11. The Morgan fingerprint density at radius 2 is 2.16 bits per heavy atom. The van der Waals surface area contributed by atoms with Crippen molar-refractivity contribution in [2.24, 2.45) is 0 Å². The maximum atomic E-state index is 13.5. The van der Waals surface area contributed by atoms with Crippen molar-refractivity contribution in [3.8, 4) is 5.75 Å². The monoisotopic (exact) mass is 443 g/mol. The zero-order valence-electron chi connectivity index (χ0n) is 18.3. The molecule has 0 N–H and O–H groups in total. The number of aromatic nitrogens is 4. The van der Waals surface area contributed by atoms with Gasteiger partial charge in [0.2, 0.25) is 5.91 Å². The van der Waals surface area contributed by atoms with Crippen molar-refractivity contribution >= 4 is 11.7 Å². The lowest BCUT2D eigenvalue weighted by atomic mass is 9.93. The van der Waals surface area contributed by atoms with E-state index in [1.807, 2.05) is 24.0 Å². The molecule has 1 aromatic carbocycles. The number of fused-ring (bicyclic) bond motifs is 1. The molecule has 0 radical (unpaired) electrons. The molecule has 1 amide bonds. The first-order valence-electron chi connectivity index (χ1n) is 10.9. The van der Waals surface area contributed by atoms with E-state index >= 15 is 0 Å². The Labute approximate surface area is 185 Å². The maximum absolute atomic E-state index is 13.5. The normalized spacial score (nSPS) is 16.7. The number of hydrogen-bond acceptors (Lipinski definition) is 5. The highest BCUT2D eigenvalue weighted by Gasteiger charge is 2.27. The molecule has 170 valence electrons. The Kier molecular flexibility index (Phi) is 6.62. The van der Waals surface area contributed by atoms with E-state index in [9.17, 15) is 13.6 Å². The summed E-state index contributed by atoms with van der Waals surface area (Å²) in [6.45, 7) is 3.18. The molecule has 3 aromatic rings. The molecule has 0 unspecified atom stereocenters. The van der Waals surface area contributed by atoms with E-state index in [4.69, 9.17) is 4.74 Å². The van der Waals surface area contributed by atoms with Gasteiger partial charge < -0.3 is 9.64 Å². The van der Waals surface area contributed by atoms with Crippen molar-refractivity contribution in [2.75, 3.05) is 20.2 Å². The largest absolute Gasteiger partial charge is 0.496 e. The van der Waals surface area contributed by atoms with Crippen molar-refractivity contribution in [3.05, 3.63) is 53.1 Å². The van der Waals surface area contributed by atoms with Crippen LogP contribution in [0.5, 0.6) is 5.75 Å². The van der Waals surface area contributed by atoms with Crippen LogP contribution in [0.25, 0.3) is 5.78 Å². The number of amides is 1. The third-order valence-electron chi connectivity index (χ3n) is 6.03. The topological polar surface area (TPSA) is 72.6 Å². The second-order valence-corrected chi connectivity index (χ2v) is 8.21. The summed E-state index contributed by atoms with van der Waals surface area (Å²) in [7, 11) is 1.65. The fourth-order valence-electron chi connectivity index (χ4n) is 4.36. The number of nitrogens with zero attached hydrogens (tertiary/aromatic N) is 5. The number of likely N-dealkylation sites (tertiary alicyclic amines) is 1. The first kappa shape index (κ1) is 22.1. The molecule has 0 spiro atoms. The number of rotatable bonds is 7. The SMILES string of the molecule is COc1ccc(CCCC(=O)N2CCC[C@@H](c3cc(C(F)F)n4ncnc4n3)C2)cc1C. The number of aryl methyl sites for hydroxylation is 2. The van der Waals surface area contributed by atoms with Gasteiger partial charge in [-0.05, 0) is 55.9 Å². The summed E-state index contributed by atoms with van der Waals surface area (Å²) in [6.07, 6.45) is 2.19. The highest BCUT2D eigenvalue weighted by atomic mass is 19.3.